The van der Waals surface area contributed by atoms with Crippen LogP contribution < -0.4 is 10.6 Å². The SMILES string of the molecule is Cc1cc(N2CCCCCCC2)c(Br)cc1N. The lowest BCUT2D eigenvalue weighted by Crippen LogP contribution is -2.27. The molecule has 0 saturated carbocycles. The van der Waals surface area contributed by atoms with Gasteiger partial charge < -0.3 is 10.6 Å². The lowest BCUT2D eigenvalue weighted by atomic mass is 10.1. The van der Waals surface area contributed by atoms with E-state index in [0.717, 1.165) is 10.2 Å². The van der Waals surface area contributed by atoms with Gasteiger partial charge in [-0.25, -0.2) is 0 Å². The molecule has 0 radical (unpaired) electrons. The molecule has 2 rings (SSSR count). The van der Waals surface area contributed by atoms with Gasteiger partial charge in [0, 0.05) is 23.2 Å². The third kappa shape index (κ3) is 3.15. The number of halogens is 1. The number of hydrogen-bond donors (Lipinski definition) is 1. The highest BCUT2D eigenvalue weighted by Crippen LogP contribution is 2.32. The Hall–Kier alpha value is -0.700. The fraction of sp³-hybridized carbons (Fsp3) is 0.571. The van der Waals surface area contributed by atoms with Crippen molar-refractivity contribution in [3.8, 4) is 0 Å². The lowest BCUT2D eigenvalue weighted by molar-refractivity contribution is 0.556. The summed E-state index contributed by atoms with van der Waals surface area (Å²) < 4.78 is 1.13. The van der Waals surface area contributed by atoms with E-state index in [1.165, 1.54) is 56.4 Å². The number of aryl methyl sites for hydroxylation is 1. The van der Waals surface area contributed by atoms with Crippen LogP contribution >= 0.6 is 15.9 Å². The van der Waals surface area contributed by atoms with E-state index < -0.39 is 0 Å². The van der Waals surface area contributed by atoms with Gasteiger partial charge in [-0.3, -0.25) is 0 Å². The molecule has 3 heteroatoms. The molecule has 1 fully saturated rings. The highest BCUT2D eigenvalue weighted by molar-refractivity contribution is 9.10. The van der Waals surface area contributed by atoms with Crippen LogP contribution in [0.2, 0.25) is 0 Å². The van der Waals surface area contributed by atoms with Crippen molar-refractivity contribution in [2.24, 2.45) is 0 Å². The zero-order chi connectivity index (χ0) is 12.3. The first-order valence-corrected chi connectivity index (χ1v) is 7.28. The standard InChI is InChI=1S/C14H21BrN2/c1-11-9-14(12(15)10-13(11)16)17-7-5-3-2-4-6-8-17/h9-10H,2-8,16H2,1H3. The van der Waals surface area contributed by atoms with Crippen LogP contribution in [-0.4, -0.2) is 13.1 Å². The summed E-state index contributed by atoms with van der Waals surface area (Å²) in [6.45, 7) is 4.42. The highest BCUT2D eigenvalue weighted by Gasteiger charge is 2.13. The van der Waals surface area contributed by atoms with Crippen LogP contribution in [-0.2, 0) is 0 Å². The van der Waals surface area contributed by atoms with E-state index in [1.54, 1.807) is 0 Å². The van der Waals surface area contributed by atoms with Gasteiger partial charge >= 0.3 is 0 Å². The second-order valence-electron chi connectivity index (χ2n) is 4.92. The largest absolute Gasteiger partial charge is 0.398 e. The Kier molecular flexibility index (Phi) is 4.32. The summed E-state index contributed by atoms with van der Waals surface area (Å²) in [5.41, 5.74) is 9.27. The molecule has 1 aromatic rings. The van der Waals surface area contributed by atoms with Crippen molar-refractivity contribution >= 4 is 27.3 Å². The first-order chi connectivity index (χ1) is 8.18. The molecule has 0 atom stereocenters. The van der Waals surface area contributed by atoms with Crippen molar-refractivity contribution in [3.05, 3.63) is 22.2 Å². The Labute approximate surface area is 112 Å². The van der Waals surface area contributed by atoms with Gasteiger partial charge in [0.1, 0.15) is 0 Å². The van der Waals surface area contributed by atoms with E-state index >= 15 is 0 Å². The number of hydrogen-bond acceptors (Lipinski definition) is 2. The first-order valence-electron chi connectivity index (χ1n) is 6.49. The van der Waals surface area contributed by atoms with Gasteiger partial charge in [-0.1, -0.05) is 19.3 Å². The summed E-state index contributed by atoms with van der Waals surface area (Å²) in [6.07, 6.45) is 6.73. The Balaban J connectivity index is 2.21. The molecule has 0 aliphatic carbocycles. The highest BCUT2D eigenvalue weighted by atomic mass is 79.9. The van der Waals surface area contributed by atoms with Crippen LogP contribution in [0.1, 0.15) is 37.7 Å². The molecular weight excluding hydrogens is 276 g/mol. The van der Waals surface area contributed by atoms with Crippen molar-refractivity contribution in [1.29, 1.82) is 0 Å². The average molecular weight is 297 g/mol. The minimum atomic E-state index is 0.868. The Morgan fingerprint density at radius 3 is 2.29 bits per heavy atom. The third-order valence-corrected chi connectivity index (χ3v) is 4.17. The quantitative estimate of drug-likeness (QED) is 0.790. The van der Waals surface area contributed by atoms with Crippen LogP contribution in [0.25, 0.3) is 0 Å². The van der Waals surface area contributed by atoms with E-state index in [4.69, 9.17) is 5.73 Å². The van der Waals surface area contributed by atoms with E-state index in [9.17, 15) is 0 Å². The number of nitrogens with two attached hydrogens (primary N) is 1. The smallest absolute Gasteiger partial charge is 0.0514 e. The summed E-state index contributed by atoms with van der Waals surface area (Å²) in [5.74, 6) is 0. The van der Waals surface area contributed by atoms with E-state index in [1.807, 2.05) is 6.07 Å². The predicted molar refractivity (Wildman–Crippen MR) is 78.6 cm³/mol. The molecule has 1 heterocycles. The number of rotatable bonds is 1. The monoisotopic (exact) mass is 296 g/mol. The summed E-state index contributed by atoms with van der Waals surface area (Å²) in [4.78, 5) is 2.50. The van der Waals surface area contributed by atoms with Gasteiger partial charge in [-0.15, -0.1) is 0 Å². The second kappa shape index (κ2) is 5.76. The second-order valence-corrected chi connectivity index (χ2v) is 5.77. The molecule has 1 saturated heterocycles. The summed E-state index contributed by atoms with van der Waals surface area (Å²) in [7, 11) is 0. The zero-order valence-electron chi connectivity index (χ0n) is 10.5. The molecule has 0 unspecified atom stereocenters. The molecular formula is C14H21BrN2. The first kappa shape index (κ1) is 12.7. The Morgan fingerprint density at radius 1 is 1.06 bits per heavy atom. The maximum atomic E-state index is 5.93. The van der Waals surface area contributed by atoms with Gasteiger partial charge in [0.05, 0.1) is 5.69 Å². The summed E-state index contributed by atoms with van der Waals surface area (Å²) >= 11 is 3.64. The maximum Gasteiger partial charge on any atom is 0.0514 e. The normalized spacial score (nSPS) is 17.6. The maximum absolute atomic E-state index is 5.93. The summed E-state index contributed by atoms with van der Waals surface area (Å²) in [6, 6.07) is 4.24. The minimum absolute atomic E-state index is 0.868. The topological polar surface area (TPSA) is 29.3 Å². The number of benzene rings is 1. The molecule has 0 spiro atoms. The van der Waals surface area contributed by atoms with Gasteiger partial charge in [0.15, 0.2) is 0 Å². The van der Waals surface area contributed by atoms with Gasteiger partial charge in [-0.05, 0) is 53.4 Å². The number of nitrogens with zero attached hydrogens (tertiary/aromatic N) is 1. The fourth-order valence-corrected chi connectivity index (χ4v) is 3.02. The van der Waals surface area contributed by atoms with Crippen LogP contribution in [0.3, 0.4) is 0 Å². The van der Waals surface area contributed by atoms with Gasteiger partial charge in [-0.2, -0.15) is 0 Å². The molecule has 1 aliphatic rings. The summed E-state index contributed by atoms with van der Waals surface area (Å²) in [5, 5.41) is 0. The third-order valence-electron chi connectivity index (χ3n) is 3.53. The van der Waals surface area contributed by atoms with Crippen LogP contribution in [0, 0.1) is 6.92 Å². The molecule has 1 aromatic carbocycles. The van der Waals surface area contributed by atoms with E-state index in [2.05, 4.69) is 33.8 Å². The van der Waals surface area contributed by atoms with Crippen molar-refractivity contribution in [2.45, 2.75) is 39.0 Å². The zero-order valence-corrected chi connectivity index (χ0v) is 12.1. The van der Waals surface area contributed by atoms with Gasteiger partial charge in [0.2, 0.25) is 0 Å². The Bertz CT molecular complexity index is 382. The van der Waals surface area contributed by atoms with Gasteiger partial charge in [0.25, 0.3) is 0 Å². The fourth-order valence-electron chi connectivity index (χ4n) is 2.41. The molecule has 0 aromatic heterocycles. The van der Waals surface area contributed by atoms with Crippen molar-refractivity contribution < 1.29 is 0 Å². The Morgan fingerprint density at radius 2 is 1.65 bits per heavy atom. The van der Waals surface area contributed by atoms with Crippen LogP contribution in [0.15, 0.2) is 16.6 Å². The average Bonchev–Trinajstić information content (AvgIpc) is 2.24. The van der Waals surface area contributed by atoms with E-state index in [-0.39, 0.29) is 0 Å². The van der Waals surface area contributed by atoms with Crippen LogP contribution in [0.5, 0.6) is 0 Å². The van der Waals surface area contributed by atoms with Crippen molar-refractivity contribution in [1.82, 2.24) is 0 Å². The van der Waals surface area contributed by atoms with Crippen molar-refractivity contribution in [2.75, 3.05) is 23.7 Å². The van der Waals surface area contributed by atoms with E-state index in [0.29, 0.717) is 0 Å². The molecule has 1 aliphatic heterocycles. The molecule has 2 nitrogen and oxygen atoms in total. The molecule has 0 amide bonds. The predicted octanol–water partition coefficient (Wildman–Crippen LogP) is 4.11. The van der Waals surface area contributed by atoms with Crippen molar-refractivity contribution in [3.63, 3.8) is 0 Å². The lowest BCUT2D eigenvalue weighted by Gasteiger charge is -2.28. The number of nitrogen functional groups attached to an aromatic ring is 1. The molecule has 17 heavy (non-hydrogen) atoms. The van der Waals surface area contributed by atoms with Crippen LogP contribution in [0.4, 0.5) is 11.4 Å². The minimum Gasteiger partial charge on any atom is -0.398 e. The molecule has 94 valence electrons. The molecule has 2 N–H and O–H groups in total. The number of anilines is 2. The molecule has 0 bridgehead atoms.